The van der Waals surface area contributed by atoms with Crippen LogP contribution in [0, 0.1) is 11.8 Å². The number of fused-ring (bicyclic) bond motifs is 1. The predicted molar refractivity (Wildman–Crippen MR) is 141 cm³/mol. The van der Waals surface area contributed by atoms with Crippen LogP contribution in [-0.2, 0) is 28.1 Å². The van der Waals surface area contributed by atoms with Gasteiger partial charge >= 0.3 is 24.5 Å². The highest BCUT2D eigenvalue weighted by atomic mass is 19.4. The molecule has 1 saturated carbocycles. The number of aliphatic carboxylic acids is 1. The molecule has 2 aliphatic rings. The third-order valence-corrected chi connectivity index (χ3v) is 8.70. The maximum Gasteiger partial charge on any atom is 0.416 e. The van der Waals surface area contributed by atoms with Gasteiger partial charge in [0.1, 0.15) is 0 Å². The van der Waals surface area contributed by atoms with Gasteiger partial charge in [-0.3, -0.25) is 9.59 Å². The topological polar surface area (TPSA) is 83.6 Å². The Balaban J connectivity index is 1.78. The van der Waals surface area contributed by atoms with Crippen LogP contribution < -0.4 is 10.6 Å². The minimum Gasteiger partial charge on any atom is -0.481 e. The quantitative estimate of drug-likeness (QED) is 0.312. The minimum atomic E-state index is -5.15. The van der Waals surface area contributed by atoms with E-state index in [1.807, 2.05) is 0 Å². The largest absolute Gasteiger partial charge is 0.481 e. The first kappa shape index (κ1) is 33.6. The van der Waals surface area contributed by atoms with Gasteiger partial charge in [0.25, 0.3) is 0 Å². The van der Waals surface area contributed by atoms with Crippen LogP contribution in [0.25, 0.3) is 0 Å². The van der Waals surface area contributed by atoms with E-state index in [-0.39, 0.29) is 48.4 Å². The number of amides is 1. The van der Waals surface area contributed by atoms with E-state index in [9.17, 15) is 49.1 Å². The number of hydrogen-bond acceptors (Lipinski definition) is 3. The van der Waals surface area contributed by atoms with E-state index in [0.29, 0.717) is 37.8 Å². The summed E-state index contributed by atoms with van der Waals surface area (Å²) in [7, 11) is 0. The molecule has 242 valence electrons. The van der Waals surface area contributed by atoms with Gasteiger partial charge < -0.3 is 15.7 Å². The Morgan fingerprint density at radius 3 is 1.89 bits per heavy atom. The van der Waals surface area contributed by atoms with Crippen molar-refractivity contribution in [2.24, 2.45) is 17.6 Å². The molecular formula is C30H31F9N2O3. The van der Waals surface area contributed by atoms with Gasteiger partial charge in [-0.25, -0.2) is 0 Å². The summed E-state index contributed by atoms with van der Waals surface area (Å²) in [5.41, 5.74) is 1.45. The van der Waals surface area contributed by atoms with Crippen molar-refractivity contribution in [3.05, 3.63) is 64.2 Å². The second-order valence-electron chi connectivity index (χ2n) is 11.6. The molecule has 0 spiro atoms. The van der Waals surface area contributed by atoms with E-state index in [1.54, 1.807) is 6.92 Å². The number of alkyl halides is 9. The zero-order valence-electron chi connectivity index (χ0n) is 23.5. The summed E-state index contributed by atoms with van der Waals surface area (Å²) in [5, 5.41) is 9.09. The number of carboxylic acid groups (broad SMARTS) is 1. The second kappa shape index (κ2) is 12.2. The molecule has 0 radical (unpaired) electrons. The summed E-state index contributed by atoms with van der Waals surface area (Å²) in [6.07, 6.45) is -13.3. The van der Waals surface area contributed by atoms with Crippen molar-refractivity contribution in [2.75, 3.05) is 4.90 Å². The zero-order chi connectivity index (χ0) is 32.8. The van der Waals surface area contributed by atoms with Gasteiger partial charge in [-0.1, -0.05) is 6.92 Å². The molecule has 1 aliphatic carbocycles. The monoisotopic (exact) mass is 638 g/mol. The van der Waals surface area contributed by atoms with Crippen LogP contribution >= 0.6 is 0 Å². The summed E-state index contributed by atoms with van der Waals surface area (Å²) < 4.78 is 123. The van der Waals surface area contributed by atoms with Crippen LogP contribution in [0.2, 0.25) is 0 Å². The minimum absolute atomic E-state index is 0.0452. The van der Waals surface area contributed by atoms with Crippen LogP contribution in [0.5, 0.6) is 0 Å². The highest BCUT2D eigenvalue weighted by molar-refractivity contribution is 5.97. The molecule has 0 aromatic heterocycles. The molecule has 44 heavy (non-hydrogen) atoms. The summed E-state index contributed by atoms with van der Waals surface area (Å²) >= 11 is 0. The van der Waals surface area contributed by atoms with E-state index in [1.165, 1.54) is 4.90 Å². The summed E-state index contributed by atoms with van der Waals surface area (Å²) in [5.74, 6) is -3.14. The molecule has 1 fully saturated rings. The third kappa shape index (κ3) is 7.16. The normalized spacial score (nSPS) is 23.7. The number of carboxylic acids is 1. The van der Waals surface area contributed by atoms with Crippen LogP contribution in [0.3, 0.4) is 0 Å². The molecule has 3 N–H and O–H groups in total. The lowest BCUT2D eigenvalue weighted by Crippen LogP contribution is -2.49. The molecule has 1 unspecified atom stereocenters. The first-order valence-corrected chi connectivity index (χ1v) is 14.1. The number of nitrogens with zero attached hydrogens (tertiary/aromatic N) is 1. The van der Waals surface area contributed by atoms with Crippen LogP contribution in [0.4, 0.5) is 45.2 Å². The summed E-state index contributed by atoms with van der Waals surface area (Å²) in [6, 6.07) is 1.30. The number of halogens is 9. The summed E-state index contributed by atoms with van der Waals surface area (Å²) in [4.78, 5) is 26.3. The smallest absolute Gasteiger partial charge is 0.416 e. The average Bonchev–Trinajstić information content (AvgIpc) is 2.93. The van der Waals surface area contributed by atoms with Crippen molar-refractivity contribution < 1.29 is 54.2 Å². The first-order chi connectivity index (χ1) is 20.3. The Labute approximate surface area is 247 Å². The summed E-state index contributed by atoms with van der Waals surface area (Å²) in [6.45, 7) is 1.71. The first-order valence-electron chi connectivity index (χ1n) is 14.1. The second-order valence-corrected chi connectivity index (χ2v) is 11.6. The van der Waals surface area contributed by atoms with Crippen LogP contribution in [0.15, 0.2) is 36.4 Å². The maximum absolute atomic E-state index is 13.9. The molecule has 2 aromatic rings. The molecule has 5 nitrogen and oxygen atoms in total. The lowest BCUT2D eigenvalue weighted by Gasteiger charge is -2.44. The highest BCUT2D eigenvalue weighted by Crippen LogP contribution is 2.49. The Morgan fingerprint density at radius 1 is 0.864 bits per heavy atom. The number of nitrogens with two attached hydrogens (primary N) is 1. The van der Waals surface area contributed by atoms with Crippen LogP contribution in [-0.4, -0.2) is 23.0 Å². The lowest BCUT2D eigenvalue weighted by atomic mass is 9.75. The third-order valence-electron chi connectivity index (χ3n) is 8.70. The van der Waals surface area contributed by atoms with Gasteiger partial charge in [-0.15, -0.1) is 0 Å². The molecule has 2 aromatic carbocycles. The Morgan fingerprint density at radius 2 is 1.41 bits per heavy atom. The van der Waals surface area contributed by atoms with Gasteiger partial charge in [0.15, 0.2) is 0 Å². The fraction of sp³-hybridized carbons (Fsp3) is 0.533. The Kier molecular flexibility index (Phi) is 9.35. The van der Waals surface area contributed by atoms with E-state index in [4.69, 9.17) is 10.8 Å². The predicted octanol–water partition coefficient (Wildman–Crippen LogP) is 8.32. The van der Waals surface area contributed by atoms with E-state index in [2.05, 4.69) is 0 Å². The number of carbonyl (C=O) groups is 2. The number of carbonyl (C=O) groups excluding carboxylic acids is 1. The van der Waals surface area contributed by atoms with E-state index in [0.717, 1.165) is 18.2 Å². The zero-order valence-corrected chi connectivity index (χ0v) is 23.5. The molecule has 0 saturated heterocycles. The molecule has 0 bridgehead atoms. The SMILES string of the molecule is CC[C@@H]1C[C@@H](C(N)c2cc(C(F)(F)F)cc(C(F)(F)F)c2)c2cc(C(F)(F)F)ccc2N1C(=O)C1CCC(CC(=O)O)CC1. The van der Waals surface area contributed by atoms with Crippen molar-refractivity contribution in [3.63, 3.8) is 0 Å². The van der Waals surface area contributed by atoms with Crippen molar-refractivity contribution in [3.8, 4) is 0 Å². The number of hydrogen-bond donors (Lipinski definition) is 2. The molecule has 1 heterocycles. The Bertz CT molecular complexity index is 1350. The highest BCUT2D eigenvalue weighted by Gasteiger charge is 2.44. The van der Waals surface area contributed by atoms with Gasteiger partial charge in [-0.05, 0) is 92.0 Å². The van der Waals surface area contributed by atoms with Crippen LogP contribution in [0.1, 0.15) is 91.6 Å². The average molecular weight is 639 g/mol. The molecule has 1 amide bonds. The van der Waals surface area contributed by atoms with E-state index >= 15 is 0 Å². The Hall–Kier alpha value is -3.29. The number of rotatable bonds is 6. The fourth-order valence-electron chi connectivity index (χ4n) is 6.42. The van der Waals surface area contributed by atoms with Gasteiger partial charge in [0, 0.05) is 36.0 Å². The van der Waals surface area contributed by atoms with Crippen molar-refractivity contribution in [1.82, 2.24) is 0 Å². The number of benzene rings is 2. The van der Waals surface area contributed by atoms with Crippen molar-refractivity contribution in [2.45, 2.75) is 88.4 Å². The maximum atomic E-state index is 13.9. The van der Waals surface area contributed by atoms with Gasteiger partial charge in [0.2, 0.25) is 5.91 Å². The van der Waals surface area contributed by atoms with Crippen molar-refractivity contribution >= 4 is 17.6 Å². The molecular weight excluding hydrogens is 607 g/mol. The lowest BCUT2D eigenvalue weighted by molar-refractivity contribution is -0.143. The van der Waals surface area contributed by atoms with Gasteiger partial charge in [0.05, 0.1) is 16.7 Å². The fourth-order valence-corrected chi connectivity index (χ4v) is 6.42. The van der Waals surface area contributed by atoms with Crippen molar-refractivity contribution in [1.29, 1.82) is 0 Å². The molecule has 14 heteroatoms. The molecule has 3 atom stereocenters. The van der Waals surface area contributed by atoms with Gasteiger partial charge in [-0.2, -0.15) is 39.5 Å². The molecule has 1 aliphatic heterocycles. The van der Waals surface area contributed by atoms with E-state index < -0.39 is 70.7 Å². The number of anilines is 1. The standard InChI is InChI=1S/C30H31F9N2O3/c1-2-21-14-23(26(40)17-10-19(29(34,35)36)12-20(11-17)30(37,38)39)22-13-18(28(31,32)33)7-8-24(22)41(21)27(44)16-5-3-15(4-6-16)9-25(42)43/h7-8,10-13,15-16,21,23,26H,2-6,9,14,40H2,1H3,(H,42,43)/t15?,16?,21-,23-,26?/m1/s1. The molecule has 4 rings (SSSR count).